The number of aryl methyl sites for hydroxylation is 1. The number of nitrogens with zero attached hydrogens (tertiary/aromatic N) is 5. The summed E-state index contributed by atoms with van der Waals surface area (Å²) in [6.07, 6.45) is 7.45. The Hall–Kier alpha value is -3.58. The van der Waals surface area contributed by atoms with Gasteiger partial charge in [0.25, 0.3) is 0 Å². The standard InChI is InChI=1S/C24H25N5O2/c1-28(2)8-9-31-24-12-18(6-7-25-24)23(30)13-22-11-20-10-17(4-5-19(20)14-26-22)21-15-27-29(3)16-21/h4-7,10-12,14-16H,8-9,13H2,1-3H3. The van der Waals surface area contributed by atoms with E-state index in [2.05, 4.69) is 27.2 Å². The fraction of sp³-hybridized carbons (Fsp3) is 0.250. The Balaban J connectivity index is 1.50. The zero-order valence-corrected chi connectivity index (χ0v) is 17.9. The molecular weight excluding hydrogens is 390 g/mol. The summed E-state index contributed by atoms with van der Waals surface area (Å²) >= 11 is 0. The third-order valence-electron chi connectivity index (χ3n) is 5.00. The Morgan fingerprint density at radius 2 is 1.90 bits per heavy atom. The monoisotopic (exact) mass is 415 g/mol. The van der Waals surface area contributed by atoms with Crippen LogP contribution in [-0.4, -0.2) is 57.7 Å². The molecule has 4 rings (SSSR count). The smallest absolute Gasteiger partial charge is 0.213 e. The van der Waals surface area contributed by atoms with Gasteiger partial charge in [0.2, 0.25) is 5.88 Å². The first kappa shape index (κ1) is 20.7. The van der Waals surface area contributed by atoms with Gasteiger partial charge in [-0.2, -0.15) is 5.10 Å². The average molecular weight is 415 g/mol. The second-order valence-corrected chi connectivity index (χ2v) is 7.77. The van der Waals surface area contributed by atoms with E-state index in [1.807, 2.05) is 56.8 Å². The van der Waals surface area contributed by atoms with Gasteiger partial charge in [-0.05, 0) is 43.2 Å². The average Bonchev–Trinajstić information content (AvgIpc) is 3.19. The van der Waals surface area contributed by atoms with Crippen LogP contribution in [0.1, 0.15) is 16.1 Å². The van der Waals surface area contributed by atoms with E-state index in [9.17, 15) is 4.79 Å². The lowest BCUT2D eigenvalue weighted by Crippen LogP contribution is -2.19. The summed E-state index contributed by atoms with van der Waals surface area (Å²) in [4.78, 5) is 23.5. The molecule has 7 heteroatoms. The molecule has 7 nitrogen and oxygen atoms in total. The SMILES string of the molecule is CN(C)CCOc1cc(C(=O)Cc2cc3cc(-c4cnn(C)c4)ccc3cn2)ccn1. The molecule has 0 bridgehead atoms. The van der Waals surface area contributed by atoms with Gasteiger partial charge in [0.15, 0.2) is 5.78 Å². The molecule has 158 valence electrons. The highest BCUT2D eigenvalue weighted by molar-refractivity contribution is 5.98. The number of benzene rings is 1. The van der Waals surface area contributed by atoms with Crippen LogP contribution in [0.3, 0.4) is 0 Å². The van der Waals surface area contributed by atoms with Crippen molar-refractivity contribution in [3.8, 4) is 17.0 Å². The molecule has 0 fully saturated rings. The van der Waals surface area contributed by atoms with E-state index < -0.39 is 0 Å². The quantitative estimate of drug-likeness (QED) is 0.411. The van der Waals surface area contributed by atoms with Gasteiger partial charge in [0, 0.05) is 60.5 Å². The van der Waals surface area contributed by atoms with Crippen LogP contribution < -0.4 is 4.74 Å². The van der Waals surface area contributed by atoms with Crippen molar-refractivity contribution < 1.29 is 9.53 Å². The zero-order valence-electron chi connectivity index (χ0n) is 17.9. The van der Waals surface area contributed by atoms with E-state index in [0.717, 1.165) is 34.1 Å². The van der Waals surface area contributed by atoms with Gasteiger partial charge >= 0.3 is 0 Å². The van der Waals surface area contributed by atoms with Crippen molar-refractivity contribution in [1.82, 2.24) is 24.6 Å². The minimum absolute atomic E-state index is 0.0184. The van der Waals surface area contributed by atoms with Crippen molar-refractivity contribution in [2.45, 2.75) is 6.42 Å². The summed E-state index contributed by atoms with van der Waals surface area (Å²) in [5, 5.41) is 6.31. The van der Waals surface area contributed by atoms with Crippen LogP contribution >= 0.6 is 0 Å². The molecule has 0 saturated heterocycles. The van der Waals surface area contributed by atoms with Gasteiger partial charge in [-0.1, -0.05) is 12.1 Å². The molecule has 0 aliphatic carbocycles. The minimum Gasteiger partial charge on any atom is -0.476 e. The third-order valence-corrected chi connectivity index (χ3v) is 5.00. The van der Waals surface area contributed by atoms with Crippen molar-refractivity contribution in [2.24, 2.45) is 7.05 Å². The molecule has 0 atom stereocenters. The topological polar surface area (TPSA) is 73.1 Å². The summed E-state index contributed by atoms with van der Waals surface area (Å²) in [6.45, 7) is 1.30. The highest BCUT2D eigenvalue weighted by atomic mass is 16.5. The number of ether oxygens (including phenoxy) is 1. The van der Waals surface area contributed by atoms with Crippen LogP contribution in [0.4, 0.5) is 0 Å². The molecule has 0 radical (unpaired) electrons. The van der Waals surface area contributed by atoms with Crippen LogP contribution in [0.5, 0.6) is 5.88 Å². The number of Topliss-reactive ketones (excluding diaryl/α,β-unsaturated/α-hetero) is 1. The number of pyridine rings is 2. The normalized spacial score (nSPS) is 11.2. The number of ketones is 1. The molecule has 0 aliphatic heterocycles. The molecule has 0 saturated carbocycles. The molecule has 4 aromatic rings. The maximum atomic E-state index is 12.8. The molecule has 0 spiro atoms. The lowest BCUT2D eigenvalue weighted by molar-refractivity contribution is 0.0991. The van der Waals surface area contributed by atoms with Crippen LogP contribution in [0, 0.1) is 0 Å². The zero-order chi connectivity index (χ0) is 21.8. The van der Waals surface area contributed by atoms with Gasteiger partial charge in [-0.15, -0.1) is 0 Å². The predicted molar refractivity (Wildman–Crippen MR) is 120 cm³/mol. The van der Waals surface area contributed by atoms with Crippen LogP contribution in [0.15, 0.2) is 61.2 Å². The Morgan fingerprint density at radius 1 is 1.03 bits per heavy atom. The maximum Gasteiger partial charge on any atom is 0.213 e. The van der Waals surface area contributed by atoms with Gasteiger partial charge in [0.1, 0.15) is 6.61 Å². The lowest BCUT2D eigenvalue weighted by Gasteiger charge is -2.10. The van der Waals surface area contributed by atoms with E-state index in [4.69, 9.17) is 4.74 Å². The van der Waals surface area contributed by atoms with E-state index in [-0.39, 0.29) is 12.2 Å². The molecule has 0 N–H and O–H groups in total. The first-order chi connectivity index (χ1) is 15.0. The highest BCUT2D eigenvalue weighted by Gasteiger charge is 2.11. The molecule has 3 aromatic heterocycles. The molecule has 0 amide bonds. The van der Waals surface area contributed by atoms with Crippen molar-refractivity contribution in [1.29, 1.82) is 0 Å². The second-order valence-electron chi connectivity index (χ2n) is 7.77. The number of aromatic nitrogens is 4. The first-order valence-corrected chi connectivity index (χ1v) is 10.1. The summed E-state index contributed by atoms with van der Waals surface area (Å²) in [6, 6.07) is 11.6. The summed E-state index contributed by atoms with van der Waals surface area (Å²) in [5.41, 5.74) is 3.43. The second kappa shape index (κ2) is 9.06. The minimum atomic E-state index is -0.0184. The van der Waals surface area contributed by atoms with Crippen LogP contribution in [-0.2, 0) is 13.5 Å². The fourth-order valence-electron chi connectivity index (χ4n) is 3.29. The first-order valence-electron chi connectivity index (χ1n) is 10.1. The van der Waals surface area contributed by atoms with Crippen molar-refractivity contribution in [3.05, 3.63) is 72.4 Å². The number of rotatable bonds is 8. The number of carbonyl (C=O) groups is 1. The van der Waals surface area contributed by atoms with Crippen molar-refractivity contribution in [3.63, 3.8) is 0 Å². The molecule has 0 aliphatic rings. The van der Waals surface area contributed by atoms with E-state index in [1.54, 1.807) is 23.0 Å². The van der Waals surface area contributed by atoms with Crippen molar-refractivity contribution in [2.75, 3.05) is 27.2 Å². The van der Waals surface area contributed by atoms with Crippen molar-refractivity contribution >= 4 is 16.6 Å². The summed E-state index contributed by atoms with van der Waals surface area (Å²) < 4.78 is 7.43. The van der Waals surface area contributed by atoms with Gasteiger partial charge in [-0.3, -0.25) is 14.5 Å². The predicted octanol–water partition coefficient (Wildman–Crippen LogP) is 3.40. The molecule has 1 aromatic carbocycles. The van der Waals surface area contributed by atoms with Gasteiger partial charge in [0.05, 0.1) is 12.6 Å². The van der Waals surface area contributed by atoms with Crippen LogP contribution in [0.25, 0.3) is 21.9 Å². The highest BCUT2D eigenvalue weighted by Crippen LogP contribution is 2.24. The summed E-state index contributed by atoms with van der Waals surface area (Å²) in [7, 11) is 5.86. The maximum absolute atomic E-state index is 12.8. The Morgan fingerprint density at radius 3 is 2.68 bits per heavy atom. The van der Waals surface area contributed by atoms with Crippen LogP contribution in [0.2, 0.25) is 0 Å². The lowest BCUT2D eigenvalue weighted by atomic mass is 10.0. The molecular formula is C24H25N5O2. The molecule has 0 unspecified atom stereocenters. The number of carbonyl (C=O) groups excluding carboxylic acids is 1. The fourth-order valence-corrected chi connectivity index (χ4v) is 3.29. The van der Waals surface area contributed by atoms with E-state index >= 15 is 0 Å². The van der Waals surface area contributed by atoms with Gasteiger partial charge in [-0.25, -0.2) is 4.98 Å². The number of hydrogen-bond acceptors (Lipinski definition) is 6. The third kappa shape index (κ3) is 5.13. The Labute approximate surface area is 181 Å². The number of hydrogen-bond donors (Lipinski definition) is 0. The Kier molecular flexibility index (Phi) is 6.04. The van der Waals surface area contributed by atoms with E-state index in [1.165, 1.54) is 0 Å². The summed E-state index contributed by atoms with van der Waals surface area (Å²) in [5.74, 6) is 0.440. The number of likely N-dealkylation sites (N-methyl/N-ethyl adjacent to an activating group) is 1. The van der Waals surface area contributed by atoms with E-state index in [0.29, 0.717) is 18.1 Å². The Bertz CT molecular complexity index is 1220. The van der Waals surface area contributed by atoms with Gasteiger partial charge < -0.3 is 9.64 Å². The number of fused-ring (bicyclic) bond motifs is 1. The largest absolute Gasteiger partial charge is 0.476 e. The molecule has 31 heavy (non-hydrogen) atoms. The molecule has 3 heterocycles.